The number of ether oxygens (including phenoxy) is 1. The number of carbonyl (C=O) groups excluding carboxylic acids is 2. The SMILES string of the molecule is Cc1c(NC(=O)OCC2c3ccccc3-c3ccccc32)cccc1C(=O)NC[C@H](O)C(=O)O. The van der Waals surface area contributed by atoms with Crippen LogP contribution in [0.15, 0.2) is 66.7 Å². The third-order valence-corrected chi connectivity index (χ3v) is 5.90. The summed E-state index contributed by atoms with van der Waals surface area (Å²) >= 11 is 0. The van der Waals surface area contributed by atoms with Gasteiger partial charge in [-0.05, 0) is 46.9 Å². The number of nitrogens with one attached hydrogen (secondary N) is 2. The first-order valence-corrected chi connectivity index (χ1v) is 10.8. The largest absolute Gasteiger partial charge is 0.479 e. The molecule has 34 heavy (non-hydrogen) atoms. The van der Waals surface area contributed by atoms with Crippen molar-refractivity contribution in [3.05, 3.63) is 89.0 Å². The van der Waals surface area contributed by atoms with Gasteiger partial charge in [-0.2, -0.15) is 0 Å². The molecule has 0 aromatic heterocycles. The van der Waals surface area contributed by atoms with Crippen molar-refractivity contribution in [3.8, 4) is 11.1 Å². The maximum atomic E-state index is 12.6. The highest BCUT2D eigenvalue weighted by Crippen LogP contribution is 2.44. The number of aliphatic carboxylic acids is 1. The van der Waals surface area contributed by atoms with E-state index >= 15 is 0 Å². The monoisotopic (exact) mass is 460 g/mol. The molecule has 0 saturated carbocycles. The molecule has 2 amide bonds. The normalized spacial score (nSPS) is 12.9. The molecule has 4 rings (SSSR count). The number of fused-ring (bicyclic) bond motifs is 3. The summed E-state index contributed by atoms with van der Waals surface area (Å²) in [7, 11) is 0. The fraction of sp³-hybridized carbons (Fsp3) is 0.192. The molecule has 3 aromatic rings. The maximum absolute atomic E-state index is 12.6. The third-order valence-electron chi connectivity index (χ3n) is 5.90. The lowest BCUT2D eigenvalue weighted by molar-refractivity contribution is -0.146. The number of carboxylic acids is 1. The predicted octanol–water partition coefficient (Wildman–Crippen LogP) is 3.53. The van der Waals surface area contributed by atoms with E-state index in [1.807, 2.05) is 36.4 Å². The molecule has 174 valence electrons. The molecule has 0 radical (unpaired) electrons. The van der Waals surface area contributed by atoms with Crippen LogP contribution in [0.1, 0.15) is 33.0 Å². The Morgan fingerprint density at radius 1 is 0.941 bits per heavy atom. The van der Waals surface area contributed by atoms with E-state index in [1.54, 1.807) is 25.1 Å². The Labute approximate surface area is 196 Å². The van der Waals surface area contributed by atoms with Crippen LogP contribution in [0.3, 0.4) is 0 Å². The number of aliphatic hydroxyl groups is 1. The van der Waals surface area contributed by atoms with Gasteiger partial charge in [0.15, 0.2) is 6.10 Å². The Morgan fingerprint density at radius 3 is 2.18 bits per heavy atom. The minimum absolute atomic E-state index is 0.0722. The first-order valence-electron chi connectivity index (χ1n) is 10.8. The van der Waals surface area contributed by atoms with E-state index in [1.165, 1.54) is 0 Å². The van der Waals surface area contributed by atoms with E-state index in [9.17, 15) is 19.5 Å². The average Bonchev–Trinajstić information content (AvgIpc) is 3.16. The molecule has 8 nitrogen and oxygen atoms in total. The van der Waals surface area contributed by atoms with Crippen LogP contribution in [-0.4, -0.2) is 47.4 Å². The van der Waals surface area contributed by atoms with Gasteiger partial charge < -0.3 is 20.3 Å². The van der Waals surface area contributed by atoms with Gasteiger partial charge in [-0.1, -0.05) is 54.6 Å². The summed E-state index contributed by atoms with van der Waals surface area (Å²) in [6.07, 6.45) is -2.35. The van der Waals surface area contributed by atoms with Crippen LogP contribution in [0.25, 0.3) is 11.1 Å². The Hall–Kier alpha value is -4.17. The van der Waals surface area contributed by atoms with Gasteiger partial charge in [0, 0.05) is 17.2 Å². The van der Waals surface area contributed by atoms with Crippen LogP contribution in [0.4, 0.5) is 10.5 Å². The fourth-order valence-electron chi connectivity index (χ4n) is 4.13. The summed E-state index contributed by atoms with van der Waals surface area (Å²) in [6.45, 7) is 1.38. The number of carbonyl (C=O) groups is 3. The maximum Gasteiger partial charge on any atom is 0.411 e. The van der Waals surface area contributed by atoms with Crippen molar-refractivity contribution in [2.45, 2.75) is 18.9 Å². The van der Waals surface area contributed by atoms with Crippen LogP contribution >= 0.6 is 0 Å². The van der Waals surface area contributed by atoms with E-state index in [2.05, 4.69) is 22.8 Å². The fourth-order valence-corrected chi connectivity index (χ4v) is 4.13. The molecule has 8 heteroatoms. The van der Waals surface area contributed by atoms with Gasteiger partial charge in [0.25, 0.3) is 5.91 Å². The molecule has 0 heterocycles. The minimum atomic E-state index is -1.70. The summed E-state index contributed by atoms with van der Waals surface area (Å²) in [6, 6.07) is 20.9. The number of anilines is 1. The van der Waals surface area contributed by atoms with Crippen LogP contribution in [0.5, 0.6) is 0 Å². The molecule has 1 aliphatic carbocycles. The Bertz CT molecular complexity index is 1210. The summed E-state index contributed by atoms with van der Waals surface area (Å²) in [5.74, 6) is -2.06. The molecular weight excluding hydrogens is 436 g/mol. The van der Waals surface area contributed by atoms with Crippen LogP contribution in [0, 0.1) is 6.92 Å². The van der Waals surface area contributed by atoms with E-state index in [-0.39, 0.29) is 18.1 Å². The third kappa shape index (κ3) is 4.62. The molecule has 1 atom stereocenters. The molecule has 1 aliphatic rings. The first kappa shape index (κ1) is 23.0. The molecule has 0 aliphatic heterocycles. The molecule has 0 bridgehead atoms. The first-order chi connectivity index (χ1) is 16.4. The lowest BCUT2D eigenvalue weighted by Crippen LogP contribution is -2.36. The van der Waals surface area contributed by atoms with Crippen molar-refractivity contribution in [3.63, 3.8) is 0 Å². The highest BCUT2D eigenvalue weighted by molar-refractivity contribution is 5.98. The minimum Gasteiger partial charge on any atom is -0.479 e. The van der Waals surface area contributed by atoms with Crippen molar-refractivity contribution >= 4 is 23.7 Å². The Morgan fingerprint density at radius 2 is 1.56 bits per heavy atom. The van der Waals surface area contributed by atoms with Gasteiger partial charge in [-0.15, -0.1) is 0 Å². The zero-order valence-corrected chi connectivity index (χ0v) is 18.4. The van der Waals surface area contributed by atoms with E-state index in [0.717, 1.165) is 22.3 Å². The second-order valence-corrected chi connectivity index (χ2v) is 7.99. The Kier molecular flexibility index (Phi) is 6.60. The molecule has 3 aromatic carbocycles. The second kappa shape index (κ2) is 9.76. The molecule has 0 saturated heterocycles. The average molecular weight is 460 g/mol. The topological polar surface area (TPSA) is 125 Å². The van der Waals surface area contributed by atoms with Crippen molar-refractivity contribution in [2.24, 2.45) is 0 Å². The number of hydrogen-bond acceptors (Lipinski definition) is 5. The zero-order valence-electron chi connectivity index (χ0n) is 18.4. The number of rotatable bonds is 7. The second-order valence-electron chi connectivity index (χ2n) is 7.99. The predicted molar refractivity (Wildman–Crippen MR) is 126 cm³/mol. The number of benzene rings is 3. The number of amides is 2. The van der Waals surface area contributed by atoms with Gasteiger partial charge >= 0.3 is 12.1 Å². The number of aliphatic hydroxyl groups excluding tert-OH is 1. The molecule has 4 N–H and O–H groups in total. The molecule has 0 unspecified atom stereocenters. The van der Waals surface area contributed by atoms with Crippen LogP contribution in [0.2, 0.25) is 0 Å². The number of carboxylic acid groups (broad SMARTS) is 1. The van der Waals surface area contributed by atoms with Crippen LogP contribution < -0.4 is 10.6 Å². The van der Waals surface area contributed by atoms with Crippen molar-refractivity contribution in [1.29, 1.82) is 0 Å². The summed E-state index contributed by atoms with van der Waals surface area (Å²) in [4.78, 5) is 35.7. The van der Waals surface area contributed by atoms with Crippen molar-refractivity contribution in [1.82, 2.24) is 5.32 Å². The highest BCUT2D eigenvalue weighted by atomic mass is 16.5. The molecule has 0 spiro atoms. The van der Waals surface area contributed by atoms with Crippen molar-refractivity contribution in [2.75, 3.05) is 18.5 Å². The summed E-state index contributed by atoms with van der Waals surface area (Å²) in [5.41, 5.74) is 5.60. The van der Waals surface area contributed by atoms with Gasteiger partial charge in [-0.3, -0.25) is 10.1 Å². The van der Waals surface area contributed by atoms with Gasteiger partial charge in [0.05, 0.1) is 6.54 Å². The summed E-state index contributed by atoms with van der Waals surface area (Å²) in [5, 5.41) is 23.1. The van der Waals surface area contributed by atoms with E-state index in [4.69, 9.17) is 9.84 Å². The zero-order chi connectivity index (χ0) is 24.2. The smallest absolute Gasteiger partial charge is 0.411 e. The van der Waals surface area contributed by atoms with Crippen LogP contribution in [-0.2, 0) is 9.53 Å². The lowest BCUT2D eigenvalue weighted by atomic mass is 9.98. The van der Waals surface area contributed by atoms with Gasteiger partial charge in [-0.25, -0.2) is 9.59 Å². The quantitative estimate of drug-likeness (QED) is 0.428. The molecule has 0 fully saturated rings. The standard InChI is InChI=1S/C26H24N2O6/c1-15-16(24(30)27-13-23(29)25(31)32)11-6-12-22(15)28-26(33)34-14-21-19-9-4-2-7-17(19)18-8-3-5-10-20(18)21/h2-12,21,23,29H,13-14H2,1H3,(H,27,30)(H,28,33)(H,31,32)/t23-/m0/s1. The lowest BCUT2D eigenvalue weighted by Gasteiger charge is -2.16. The highest BCUT2D eigenvalue weighted by Gasteiger charge is 2.29. The molecular formula is C26H24N2O6. The van der Waals surface area contributed by atoms with Gasteiger partial charge in [0.2, 0.25) is 0 Å². The van der Waals surface area contributed by atoms with E-state index < -0.39 is 30.6 Å². The van der Waals surface area contributed by atoms with Gasteiger partial charge in [0.1, 0.15) is 6.61 Å². The number of hydrogen-bond donors (Lipinski definition) is 4. The van der Waals surface area contributed by atoms with Crippen molar-refractivity contribution < 1.29 is 29.3 Å². The Balaban J connectivity index is 1.42. The summed E-state index contributed by atoms with van der Waals surface area (Å²) < 4.78 is 5.56. The van der Waals surface area contributed by atoms with E-state index in [0.29, 0.717) is 11.3 Å².